The summed E-state index contributed by atoms with van der Waals surface area (Å²) in [6, 6.07) is 8.48. The van der Waals surface area contributed by atoms with Crippen molar-refractivity contribution in [1.82, 2.24) is 15.7 Å². The molecule has 0 saturated carbocycles. The second-order valence-corrected chi connectivity index (χ2v) is 5.94. The van der Waals surface area contributed by atoms with Crippen molar-refractivity contribution in [1.29, 1.82) is 0 Å². The van der Waals surface area contributed by atoms with E-state index in [0.29, 0.717) is 22.2 Å². The molecule has 0 bridgehead atoms. The summed E-state index contributed by atoms with van der Waals surface area (Å²) in [6.07, 6.45) is 4.64. The highest BCUT2D eigenvalue weighted by Crippen LogP contribution is 2.28. The number of carbonyl (C=O) groups is 1. The second-order valence-electron chi connectivity index (χ2n) is 5.53. The van der Waals surface area contributed by atoms with Crippen molar-refractivity contribution in [2.24, 2.45) is 5.10 Å². The van der Waals surface area contributed by atoms with Gasteiger partial charge in [0.15, 0.2) is 16.6 Å². The van der Waals surface area contributed by atoms with Gasteiger partial charge in [0.25, 0.3) is 0 Å². The van der Waals surface area contributed by atoms with Gasteiger partial charge in [-0.05, 0) is 62.0 Å². The van der Waals surface area contributed by atoms with Crippen LogP contribution in [0.4, 0.5) is 0 Å². The summed E-state index contributed by atoms with van der Waals surface area (Å²) in [6.45, 7) is 3.96. The van der Waals surface area contributed by atoms with Gasteiger partial charge < -0.3 is 14.8 Å². The number of methoxy groups -OCH3 is 1. The van der Waals surface area contributed by atoms with Crippen molar-refractivity contribution in [2.75, 3.05) is 7.11 Å². The number of aromatic nitrogens is 1. The summed E-state index contributed by atoms with van der Waals surface area (Å²) in [5.74, 6) is 0.245. The molecule has 7 nitrogen and oxygen atoms in total. The molecule has 136 valence electrons. The number of hydrogen-bond donors (Lipinski definition) is 2. The number of rotatable bonds is 6. The molecule has 0 aliphatic heterocycles. The van der Waals surface area contributed by atoms with Crippen LogP contribution in [0.3, 0.4) is 0 Å². The quantitative estimate of drug-likeness (QED) is 0.265. The topological polar surface area (TPSA) is 84.8 Å². The molecule has 0 radical (unpaired) electrons. The number of nitrogens with zero attached hydrogens (tertiary/aromatic N) is 2. The zero-order valence-corrected chi connectivity index (χ0v) is 15.5. The number of benzene rings is 1. The van der Waals surface area contributed by atoms with Gasteiger partial charge in [0.05, 0.1) is 18.9 Å². The summed E-state index contributed by atoms with van der Waals surface area (Å²) >= 11 is 5.09. The number of ether oxygens (including phenoxy) is 2. The van der Waals surface area contributed by atoms with Crippen LogP contribution >= 0.6 is 12.2 Å². The lowest BCUT2D eigenvalue weighted by atomic mass is 10.2. The summed E-state index contributed by atoms with van der Waals surface area (Å²) in [7, 11) is 1.50. The summed E-state index contributed by atoms with van der Waals surface area (Å²) < 4.78 is 10.7. The predicted molar refractivity (Wildman–Crippen MR) is 104 cm³/mol. The van der Waals surface area contributed by atoms with Crippen molar-refractivity contribution in [3.8, 4) is 11.5 Å². The van der Waals surface area contributed by atoms with Crippen LogP contribution in [0.2, 0.25) is 0 Å². The largest absolute Gasteiger partial charge is 0.493 e. The van der Waals surface area contributed by atoms with Crippen molar-refractivity contribution < 1.29 is 14.3 Å². The lowest BCUT2D eigenvalue weighted by Gasteiger charge is -2.10. The van der Waals surface area contributed by atoms with Crippen LogP contribution in [0.1, 0.15) is 29.8 Å². The molecule has 1 heterocycles. The highest BCUT2D eigenvalue weighted by Gasteiger charge is 2.12. The Balaban J connectivity index is 2.05. The maximum atomic E-state index is 12.1. The number of esters is 1. The Bertz CT molecular complexity index is 794. The molecule has 0 fully saturated rings. The number of carbonyl (C=O) groups excluding carboxylic acids is 1. The smallest absolute Gasteiger partial charge is 0.343 e. The molecule has 0 amide bonds. The van der Waals surface area contributed by atoms with Gasteiger partial charge in [-0.1, -0.05) is 0 Å². The predicted octanol–water partition coefficient (Wildman–Crippen LogP) is 2.52. The highest BCUT2D eigenvalue weighted by atomic mass is 32.1. The lowest BCUT2D eigenvalue weighted by Crippen LogP contribution is -2.36. The number of hydrogen-bond acceptors (Lipinski definition) is 6. The SMILES string of the molecule is COc1cc(/C=N\NC(=S)NC(C)C)ccc1OC(=O)c1ccncc1. The first-order valence-corrected chi connectivity index (χ1v) is 8.30. The molecule has 0 atom stereocenters. The molecule has 2 rings (SSSR count). The average molecular weight is 372 g/mol. The minimum Gasteiger partial charge on any atom is -0.493 e. The van der Waals surface area contributed by atoms with Gasteiger partial charge in [-0.3, -0.25) is 10.4 Å². The average Bonchev–Trinajstić information content (AvgIpc) is 2.62. The number of hydrazone groups is 1. The molecule has 0 spiro atoms. The zero-order valence-electron chi connectivity index (χ0n) is 14.7. The van der Waals surface area contributed by atoms with Crippen LogP contribution in [0.5, 0.6) is 11.5 Å². The standard InChI is InChI=1S/C18H20N4O3S/c1-12(2)21-18(26)22-20-11-13-4-5-15(16(10-13)24-3)25-17(23)14-6-8-19-9-7-14/h4-12H,1-3H3,(H2,21,22,26)/b20-11-. The van der Waals surface area contributed by atoms with E-state index < -0.39 is 5.97 Å². The van der Waals surface area contributed by atoms with E-state index in [2.05, 4.69) is 20.8 Å². The van der Waals surface area contributed by atoms with Crippen LogP contribution in [-0.4, -0.2) is 35.4 Å². The molecule has 1 aromatic carbocycles. The van der Waals surface area contributed by atoms with Crippen molar-refractivity contribution >= 4 is 29.5 Å². The molecule has 0 aliphatic carbocycles. The lowest BCUT2D eigenvalue weighted by molar-refractivity contribution is 0.0729. The van der Waals surface area contributed by atoms with Gasteiger partial charge in [0.1, 0.15) is 0 Å². The first-order chi connectivity index (χ1) is 12.5. The molecule has 26 heavy (non-hydrogen) atoms. The van der Waals surface area contributed by atoms with Gasteiger partial charge in [0.2, 0.25) is 0 Å². The molecule has 2 N–H and O–H groups in total. The van der Waals surface area contributed by atoms with E-state index >= 15 is 0 Å². The highest BCUT2D eigenvalue weighted by molar-refractivity contribution is 7.80. The minimum atomic E-state index is -0.487. The van der Waals surface area contributed by atoms with E-state index in [0.717, 1.165) is 5.56 Å². The monoisotopic (exact) mass is 372 g/mol. The van der Waals surface area contributed by atoms with Gasteiger partial charge in [0, 0.05) is 18.4 Å². The third-order valence-electron chi connectivity index (χ3n) is 3.11. The molecule has 8 heteroatoms. The summed E-state index contributed by atoms with van der Waals surface area (Å²) in [5.41, 5.74) is 3.89. The van der Waals surface area contributed by atoms with Crippen LogP contribution < -0.4 is 20.2 Å². The minimum absolute atomic E-state index is 0.222. The molecule has 1 aromatic heterocycles. The molecule has 0 saturated heterocycles. The fraction of sp³-hybridized carbons (Fsp3) is 0.222. The fourth-order valence-corrected chi connectivity index (χ4v) is 2.24. The Kier molecular flexibility index (Phi) is 7.04. The number of nitrogens with one attached hydrogen (secondary N) is 2. The van der Waals surface area contributed by atoms with Crippen LogP contribution in [0, 0.1) is 0 Å². The normalized spacial score (nSPS) is 10.6. The molecule has 2 aromatic rings. The van der Waals surface area contributed by atoms with E-state index in [-0.39, 0.29) is 6.04 Å². The van der Waals surface area contributed by atoms with Crippen LogP contribution in [0.15, 0.2) is 47.8 Å². The molecule has 0 unspecified atom stereocenters. The third-order valence-corrected chi connectivity index (χ3v) is 3.31. The third kappa shape index (κ3) is 5.82. The van der Waals surface area contributed by atoms with E-state index in [1.54, 1.807) is 36.5 Å². The van der Waals surface area contributed by atoms with E-state index in [4.69, 9.17) is 21.7 Å². The van der Waals surface area contributed by atoms with Gasteiger partial charge >= 0.3 is 5.97 Å². The Labute approximate surface area is 157 Å². The summed E-state index contributed by atoms with van der Waals surface area (Å²) in [4.78, 5) is 16.0. The number of thiocarbonyl (C=S) groups is 1. The summed E-state index contributed by atoms with van der Waals surface area (Å²) in [5, 5.41) is 7.51. The Hall–Kier alpha value is -3.00. The fourth-order valence-electron chi connectivity index (χ4n) is 1.96. The van der Waals surface area contributed by atoms with Gasteiger partial charge in [-0.15, -0.1) is 0 Å². The molecular weight excluding hydrogens is 352 g/mol. The molecule has 0 aliphatic rings. The van der Waals surface area contributed by atoms with Crippen LogP contribution in [0.25, 0.3) is 0 Å². The Morgan fingerprint density at radius 1 is 1.23 bits per heavy atom. The zero-order chi connectivity index (χ0) is 18.9. The van der Waals surface area contributed by atoms with E-state index in [1.807, 2.05) is 13.8 Å². The maximum absolute atomic E-state index is 12.1. The van der Waals surface area contributed by atoms with E-state index in [1.165, 1.54) is 19.5 Å². The van der Waals surface area contributed by atoms with Crippen molar-refractivity contribution in [3.05, 3.63) is 53.9 Å². The van der Waals surface area contributed by atoms with Gasteiger partial charge in [-0.2, -0.15) is 5.10 Å². The van der Waals surface area contributed by atoms with E-state index in [9.17, 15) is 4.79 Å². The molecular formula is C18H20N4O3S. The first-order valence-electron chi connectivity index (χ1n) is 7.89. The van der Waals surface area contributed by atoms with Crippen molar-refractivity contribution in [2.45, 2.75) is 19.9 Å². The van der Waals surface area contributed by atoms with Crippen molar-refractivity contribution in [3.63, 3.8) is 0 Å². The second kappa shape index (κ2) is 9.47. The first kappa shape index (κ1) is 19.3. The van der Waals surface area contributed by atoms with Crippen LogP contribution in [-0.2, 0) is 0 Å². The number of pyridine rings is 1. The maximum Gasteiger partial charge on any atom is 0.343 e. The van der Waals surface area contributed by atoms with Gasteiger partial charge in [-0.25, -0.2) is 4.79 Å². The Morgan fingerprint density at radius 3 is 2.62 bits per heavy atom. The Morgan fingerprint density at radius 2 is 1.96 bits per heavy atom.